The van der Waals surface area contributed by atoms with E-state index < -0.39 is 5.97 Å². The lowest BCUT2D eigenvalue weighted by molar-refractivity contribution is 0.0696. The maximum Gasteiger partial charge on any atom is 0.335 e. The van der Waals surface area contributed by atoms with E-state index in [0.717, 1.165) is 0 Å². The molecule has 2 aromatic carbocycles. The first kappa shape index (κ1) is 24.8. The minimum Gasteiger partial charge on any atom is -0.507 e. The van der Waals surface area contributed by atoms with Gasteiger partial charge in [-0.25, -0.2) is 4.79 Å². The summed E-state index contributed by atoms with van der Waals surface area (Å²) in [4.78, 5) is 23.6. The highest BCUT2D eigenvalue weighted by atomic mass is 16.5. The van der Waals surface area contributed by atoms with Gasteiger partial charge in [-0.2, -0.15) is 0 Å². The highest BCUT2D eigenvalue weighted by Gasteiger charge is 2.21. The molecule has 170 valence electrons. The molecule has 0 atom stereocenters. The Morgan fingerprint density at radius 1 is 1.09 bits per heavy atom. The van der Waals surface area contributed by atoms with E-state index in [4.69, 9.17) is 14.6 Å². The van der Waals surface area contributed by atoms with E-state index in [1.807, 2.05) is 20.8 Å². The number of carbonyl (C=O) groups excluding carboxylic acids is 1. The third-order valence-corrected chi connectivity index (χ3v) is 4.75. The number of aromatic carboxylic acids is 1. The summed E-state index contributed by atoms with van der Waals surface area (Å²) in [6, 6.07) is 7.85. The van der Waals surface area contributed by atoms with Crippen molar-refractivity contribution < 1.29 is 29.3 Å². The molecule has 0 spiro atoms. The van der Waals surface area contributed by atoms with Crippen LogP contribution in [-0.2, 0) is 0 Å². The zero-order valence-corrected chi connectivity index (χ0v) is 19.2. The van der Waals surface area contributed by atoms with E-state index in [2.05, 4.69) is 11.8 Å². The fourth-order valence-electron chi connectivity index (χ4n) is 3.08. The van der Waals surface area contributed by atoms with Crippen LogP contribution in [0.1, 0.15) is 71.9 Å². The van der Waals surface area contributed by atoms with Gasteiger partial charge < -0.3 is 19.7 Å². The molecule has 0 fully saturated rings. The smallest absolute Gasteiger partial charge is 0.335 e. The second-order valence-electron chi connectivity index (χ2n) is 8.72. The minimum absolute atomic E-state index is 0.0399. The molecule has 0 heterocycles. The van der Waals surface area contributed by atoms with Crippen molar-refractivity contribution in [1.82, 2.24) is 0 Å². The van der Waals surface area contributed by atoms with Crippen LogP contribution >= 0.6 is 0 Å². The van der Waals surface area contributed by atoms with Gasteiger partial charge in [0.05, 0.1) is 30.4 Å². The molecule has 0 aliphatic rings. The van der Waals surface area contributed by atoms with Gasteiger partial charge in [-0.3, -0.25) is 4.79 Å². The number of carbonyl (C=O) groups is 2. The van der Waals surface area contributed by atoms with Gasteiger partial charge in [0.1, 0.15) is 17.2 Å². The van der Waals surface area contributed by atoms with Gasteiger partial charge in [0.2, 0.25) is 0 Å². The Morgan fingerprint density at radius 3 is 2.41 bits per heavy atom. The number of ether oxygens (including phenoxy) is 2. The molecule has 6 nitrogen and oxygen atoms in total. The van der Waals surface area contributed by atoms with Crippen LogP contribution in [0.4, 0.5) is 0 Å². The number of Topliss-reactive ketones (excluding diaryl/α,β-unsaturated/α-hetero) is 1. The molecule has 0 aromatic heterocycles. The number of rotatable bonds is 8. The molecular weight excluding hydrogens is 408 g/mol. The maximum absolute atomic E-state index is 12.4. The van der Waals surface area contributed by atoms with Crippen molar-refractivity contribution in [3.05, 3.63) is 52.6 Å². The first-order chi connectivity index (χ1) is 15.0. The van der Waals surface area contributed by atoms with Gasteiger partial charge in [0.25, 0.3) is 0 Å². The zero-order chi connectivity index (χ0) is 23.9. The van der Waals surface area contributed by atoms with Crippen LogP contribution in [0.3, 0.4) is 0 Å². The van der Waals surface area contributed by atoms with Gasteiger partial charge in [-0.15, -0.1) is 0 Å². The molecule has 0 saturated carbocycles. The average Bonchev–Trinajstić information content (AvgIpc) is 2.71. The normalized spacial score (nSPS) is 10.8. The van der Waals surface area contributed by atoms with Crippen LogP contribution in [0.25, 0.3) is 0 Å². The molecule has 0 unspecified atom stereocenters. The van der Waals surface area contributed by atoms with Crippen molar-refractivity contribution in [2.24, 2.45) is 5.41 Å². The number of benzene rings is 2. The quantitative estimate of drug-likeness (QED) is 0.333. The Balaban J connectivity index is 1.96. The third-order valence-electron chi connectivity index (χ3n) is 4.75. The number of ketones is 1. The third kappa shape index (κ3) is 6.78. The van der Waals surface area contributed by atoms with E-state index >= 15 is 0 Å². The summed E-state index contributed by atoms with van der Waals surface area (Å²) in [5.74, 6) is 5.84. The summed E-state index contributed by atoms with van der Waals surface area (Å²) in [7, 11) is 1.51. The Bertz CT molecular complexity index is 1050. The van der Waals surface area contributed by atoms with E-state index in [1.54, 1.807) is 25.1 Å². The Hall–Kier alpha value is -3.46. The molecule has 0 amide bonds. The average molecular weight is 439 g/mol. The topological polar surface area (TPSA) is 93.1 Å². The highest BCUT2D eigenvalue weighted by Crippen LogP contribution is 2.33. The van der Waals surface area contributed by atoms with Crippen LogP contribution < -0.4 is 9.47 Å². The summed E-state index contributed by atoms with van der Waals surface area (Å²) in [6.07, 6.45) is 1.52. The van der Waals surface area contributed by atoms with Gasteiger partial charge in [-0.05, 0) is 49.1 Å². The van der Waals surface area contributed by atoms with Crippen molar-refractivity contribution in [2.75, 3.05) is 13.7 Å². The summed E-state index contributed by atoms with van der Waals surface area (Å²) in [5.41, 5.74) is 1.36. The van der Waals surface area contributed by atoms with Crippen LogP contribution in [0.15, 0.2) is 30.3 Å². The van der Waals surface area contributed by atoms with E-state index in [0.29, 0.717) is 54.1 Å². The van der Waals surface area contributed by atoms with Gasteiger partial charge in [0, 0.05) is 18.4 Å². The fraction of sp³-hybridized carbons (Fsp3) is 0.385. The van der Waals surface area contributed by atoms with Crippen molar-refractivity contribution in [1.29, 1.82) is 0 Å². The van der Waals surface area contributed by atoms with E-state index in [9.17, 15) is 14.7 Å². The molecule has 0 aliphatic carbocycles. The maximum atomic E-state index is 12.4. The molecule has 0 aliphatic heterocycles. The minimum atomic E-state index is -1.02. The van der Waals surface area contributed by atoms with Crippen molar-refractivity contribution in [3.8, 4) is 29.1 Å². The zero-order valence-electron chi connectivity index (χ0n) is 19.2. The van der Waals surface area contributed by atoms with Crippen molar-refractivity contribution in [2.45, 2.75) is 47.0 Å². The number of hydrogen-bond acceptors (Lipinski definition) is 5. The van der Waals surface area contributed by atoms with Crippen LogP contribution in [-0.4, -0.2) is 35.7 Å². The number of aromatic hydroxyl groups is 1. The van der Waals surface area contributed by atoms with Crippen LogP contribution in [0.2, 0.25) is 0 Å². The van der Waals surface area contributed by atoms with Gasteiger partial charge in [0.15, 0.2) is 5.78 Å². The lowest BCUT2D eigenvalue weighted by Gasteiger charge is -2.18. The summed E-state index contributed by atoms with van der Waals surface area (Å²) in [6.45, 7) is 8.05. The first-order valence-corrected chi connectivity index (χ1v) is 10.4. The number of unbranched alkanes of at least 4 members (excludes halogenated alkanes) is 1. The molecule has 2 rings (SSSR count). The first-order valence-electron chi connectivity index (χ1n) is 10.4. The molecule has 0 saturated heterocycles. The summed E-state index contributed by atoms with van der Waals surface area (Å²) in [5, 5.41) is 19.6. The SMILES string of the molecule is COc1ccc(C(=O)O)cc1C#CCCCOc1ccc(C(=O)CC(C)(C)C)c(O)c1C. The predicted molar refractivity (Wildman–Crippen MR) is 123 cm³/mol. The number of hydrogen-bond donors (Lipinski definition) is 2. The summed E-state index contributed by atoms with van der Waals surface area (Å²) < 4.78 is 11.0. The lowest BCUT2D eigenvalue weighted by atomic mass is 9.87. The Morgan fingerprint density at radius 2 is 1.78 bits per heavy atom. The molecule has 32 heavy (non-hydrogen) atoms. The Labute approximate surface area is 189 Å². The molecule has 0 radical (unpaired) electrons. The fourth-order valence-corrected chi connectivity index (χ4v) is 3.08. The van der Waals surface area contributed by atoms with Crippen molar-refractivity contribution in [3.63, 3.8) is 0 Å². The Kier molecular flexibility index (Phi) is 8.31. The molecule has 2 N–H and O–H groups in total. The van der Waals surface area contributed by atoms with Crippen molar-refractivity contribution >= 4 is 11.8 Å². The number of phenolic OH excluding ortho intramolecular Hbond substituents is 1. The van der Waals surface area contributed by atoms with E-state index in [1.165, 1.54) is 19.2 Å². The number of carboxylic acids is 1. The second-order valence-corrected chi connectivity index (χ2v) is 8.72. The van der Waals surface area contributed by atoms with Crippen LogP contribution in [0, 0.1) is 24.2 Å². The van der Waals surface area contributed by atoms with Crippen LogP contribution in [0.5, 0.6) is 17.2 Å². The highest BCUT2D eigenvalue weighted by molar-refractivity contribution is 5.99. The monoisotopic (exact) mass is 438 g/mol. The largest absolute Gasteiger partial charge is 0.507 e. The van der Waals surface area contributed by atoms with Gasteiger partial charge in [-0.1, -0.05) is 32.6 Å². The predicted octanol–water partition coefficient (Wildman–Crippen LogP) is 5.24. The number of phenols is 1. The molecular formula is C26H30O6. The second kappa shape index (κ2) is 10.7. The van der Waals surface area contributed by atoms with E-state index in [-0.39, 0.29) is 22.5 Å². The standard InChI is InChI=1S/C26H30O6/c1-17-22(13-11-20(24(17)28)21(27)16-26(2,3)4)32-14-8-6-7-9-18-15-19(25(29)30)10-12-23(18)31-5/h10-13,15,28H,6,8,14,16H2,1-5H3,(H,29,30). The molecule has 0 bridgehead atoms. The molecule has 2 aromatic rings. The molecule has 6 heteroatoms. The lowest BCUT2D eigenvalue weighted by Crippen LogP contribution is -2.13. The number of methoxy groups -OCH3 is 1. The van der Waals surface area contributed by atoms with Gasteiger partial charge >= 0.3 is 5.97 Å². The summed E-state index contributed by atoms with van der Waals surface area (Å²) >= 11 is 0. The number of carboxylic acid groups (broad SMARTS) is 1.